The summed E-state index contributed by atoms with van der Waals surface area (Å²) in [7, 11) is 0. The smallest absolute Gasteiger partial charge is 0.255 e. The second-order valence-corrected chi connectivity index (χ2v) is 8.11. The van der Waals surface area contributed by atoms with E-state index in [9.17, 15) is 18.0 Å². The fourth-order valence-corrected chi connectivity index (χ4v) is 4.62. The molecule has 2 atom stereocenters. The lowest BCUT2D eigenvalue weighted by Gasteiger charge is -2.16. The van der Waals surface area contributed by atoms with E-state index in [2.05, 4.69) is 12.2 Å². The molecule has 0 heterocycles. The molecule has 26 heavy (non-hydrogen) atoms. The maximum absolute atomic E-state index is 13.3. The molecule has 0 aromatic heterocycles. The van der Waals surface area contributed by atoms with Gasteiger partial charge >= 0.3 is 0 Å². The fourth-order valence-electron chi connectivity index (χ4n) is 3.02. The van der Waals surface area contributed by atoms with Crippen LogP contribution >= 0.6 is 23.4 Å². The van der Waals surface area contributed by atoms with E-state index in [1.165, 1.54) is 18.9 Å². The second-order valence-electron chi connectivity index (χ2n) is 6.42. The van der Waals surface area contributed by atoms with Crippen molar-refractivity contribution in [2.45, 2.75) is 36.3 Å². The number of anilines is 1. The number of thioether (sulfide) groups is 1. The van der Waals surface area contributed by atoms with E-state index in [0.717, 1.165) is 23.4 Å². The Kier molecular flexibility index (Phi) is 5.82. The van der Waals surface area contributed by atoms with Crippen LogP contribution in [0.1, 0.15) is 36.5 Å². The Morgan fingerprint density at radius 1 is 1.15 bits per heavy atom. The Balaban J connectivity index is 1.78. The maximum Gasteiger partial charge on any atom is 0.255 e. The molecular weight excluding hydrogens is 383 g/mol. The van der Waals surface area contributed by atoms with Gasteiger partial charge in [-0.05, 0) is 37.0 Å². The lowest BCUT2D eigenvalue weighted by atomic mass is 10.1. The van der Waals surface area contributed by atoms with E-state index in [1.807, 2.05) is 0 Å². The topological polar surface area (TPSA) is 29.1 Å². The highest BCUT2D eigenvalue weighted by Crippen LogP contribution is 2.41. The van der Waals surface area contributed by atoms with Crippen LogP contribution in [0.3, 0.4) is 0 Å². The number of rotatable bonds is 4. The first-order valence-corrected chi connectivity index (χ1v) is 9.53. The van der Waals surface area contributed by atoms with Gasteiger partial charge in [0.25, 0.3) is 5.91 Å². The Hall–Kier alpha value is -1.66. The summed E-state index contributed by atoms with van der Waals surface area (Å²) in [5.74, 6) is -4.25. The number of halogens is 4. The molecule has 2 aromatic rings. The number of hydrogen-bond donors (Lipinski definition) is 1. The van der Waals surface area contributed by atoms with Gasteiger partial charge in [-0.3, -0.25) is 4.79 Å². The summed E-state index contributed by atoms with van der Waals surface area (Å²) in [4.78, 5) is 13.2. The molecule has 1 fully saturated rings. The zero-order chi connectivity index (χ0) is 18.8. The highest BCUT2D eigenvalue weighted by molar-refractivity contribution is 8.00. The van der Waals surface area contributed by atoms with Gasteiger partial charge in [0.15, 0.2) is 17.5 Å². The summed E-state index contributed by atoms with van der Waals surface area (Å²) in [6.07, 6.45) is 3.46. The van der Waals surface area contributed by atoms with Crippen LogP contribution in [0.2, 0.25) is 5.02 Å². The molecular formula is C19H17ClF3NOS. The van der Waals surface area contributed by atoms with E-state index >= 15 is 0 Å². The molecule has 1 saturated carbocycles. The molecule has 1 aliphatic rings. The van der Waals surface area contributed by atoms with Crippen LogP contribution in [-0.4, -0.2) is 11.2 Å². The monoisotopic (exact) mass is 399 g/mol. The molecule has 3 rings (SSSR count). The first kappa shape index (κ1) is 19.1. The van der Waals surface area contributed by atoms with Gasteiger partial charge in [-0.2, -0.15) is 0 Å². The Morgan fingerprint density at radius 2 is 1.85 bits per heavy atom. The molecule has 1 amide bonds. The van der Waals surface area contributed by atoms with Gasteiger partial charge in [-0.15, -0.1) is 11.8 Å². The van der Waals surface area contributed by atoms with Crippen molar-refractivity contribution >= 4 is 35.0 Å². The summed E-state index contributed by atoms with van der Waals surface area (Å²) in [5, 5.41) is 3.39. The molecule has 2 nitrogen and oxygen atoms in total. The summed E-state index contributed by atoms with van der Waals surface area (Å²) in [6.45, 7) is 2.20. The van der Waals surface area contributed by atoms with E-state index in [4.69, 9.17) is 11.6 Å². The largest absolute Gasteiger partial charge is 0.322 e. The molecule has 0 bridgehead atoms. The fraction of sp³-hybridized carbons (Fsp3) is 0.316. The van der Waals surface area contributed by atoms with Crippen LogP contribution in [0.25, 0.3) is 0 Å². The normalized spacial score (nSPS) is 19.6. The van der Waals surface area contributed by atoms with Crippen molar-refractivity contribution < 1.29 is 18.0 Å². The highest BCUT2D eigenvalue weighted by Gasteiger charge is 2.25. The zero-order valence-electron chi connectivity index (χ0n) is 14.0. The standard InChI is InChI=1S/C19H17ClF3NOS/c1-10-3-2-4-16(10)26-17-7-11(5-6-13(17)20)19(25)24-12-8-14(21)18(23)15(22)9-12/h5-10,16H,2-4H2,1H3,(H,24,25). The molecule has 0 radical (unpaired) electrons. The molecule has 138 valence electrons. The van der Waals surface area contributed by atoms with E-state index < -0.39 is 23.4 Å². The summed E-state index contributed by atoms with van der Waals surface area (Å²) in [6, 6.07) is 6.31. The molecule has 2 unspecified atom stereocenters. The predicted octanol–water partition coefficient (Wildman–Crippen LogP) is 6.29. The van der Waals surface area contributed by atoms with E-state index in [-0.39, 0.29) is 5.69 Å². The average molecular weight is 400 g/mol. The van der Waals surface area contributed by atoms with Crippen LogP contribution in [0.15, 0.2) is 35.2 Å². The average Bonchev–Trinajstić information content (AvgIpc) is 2.99. The van der Waals surface area contributed by atoms with Crippen LogP contribution in [0.4, 0.5) is 18.9 Å². The van der Waals surface area contributed by atoms with Crippen molar-refractivity contribution in [3.8, 4) is 0 Å². The van der Waals surface area contributed by atoms with Crippen molar-refractivity contribution in [3.05, 3.63) is 58.4 Å². The van der Waals surface area contributed by atoms with Gasteiger partial charge in [-0.1, -0.05) is 24.9 Å². The molecule has 0 aliphatic heterocycles. The van der Waals surface area contributed by atoms with Gasteiger partial charge in [0.1, 0.15) is 0 Å². The van der Waals surface area contributed by atoms with Crippen LogP contribution in [-0.2, 0) is 0 Å². The van der Waals surface area contributed by atoms with Crippen molar-refractivity contribution in [2.24, 2.45) is 5.92 Å². The molecule has 1 N–H and O–H groups in total. The number of amides is 1. The maximum atomic E-state index is 13.3. The van der Waals surface area contributed by atoms with Crippen LogP contribution in [0.5, 0.6) is 0 Å². The van der Waals surface area contributed by atoms with E-state index in [1.54, 1.807) is 23.9 Å². The number of carbonyl (C=O) groups is 1. The number of nitrogens with one attached hydrogen (secondary N) is 1. The Bertz CT molecular complexity index is 823. The Labute approximate surface area is 159 Å². The van der Waals surface area contributed by atoms with Crippen LogP contribution in [0, 0.1) is 23.4 Å². The third-order valence-electron chi connectivity index (χ3n) is 4.50. The highest BCUT2D eigenvalue weighted by atomic mass is 35.5. The van der Waals surface area contributed by atoms with Crippen LogP contribution < -0.4 is 5.32 Å². The number of hydrogen-bond acceptors (Lipinski definition) is 2. The van der Waals surface area contributed by atoms with Crippen molar-refractivity contribution in [1.82, 2.24) is 0 Å². The minimum Gasteiger partial charge on any atom is -0.322 e. The third-order valence-corrected chi connectivity index (χ3v) is 6.53. The molecule has 0 saturated heterocycles. The minimum absolute atomic E-state index is 0.153. The summed E-state index contributed by atoms with van der Waals surface area (Å²) in [5.41, 5.74) is 0.160. The van der Waals surface area contributed by atoms with Gasteiger partial charge in [0.05, 0.1) is 5.02 Å². The minimum atomic E-state index is -1.57. The number of carbonyl (C=O) groups excluding carboxylic acids is 1. The predicted molar refractivity (Wildman–Crippen MR) is 98.4 cm³/mol. The SMILES string of the molecule is CC1CCCC1Sc1cc(C(=O)Nc2cc(F)c(F)c(F)c2)ccc1Cl. The number of benzene rings is 2. The van der Waals surface area contributed by atoms with Crippen molar-refractivity contribution in [3.63, 3.8) is 0 Å². The molecule has 1 aliphatic carbocycles. The lowest BCUT2D eigenvalue weighted by Crippen LogP contribution is -2.13. The van der Waals surface area contributed by atoms with Gasteiger partial charge in [0.2, 0.25) is 0 Å². The van der Waals surface area contributed by atoms with Gasteiger partial charge < -0.3 is 5.32 Å². The third kappa shape index (κ3) is 4.18. The summed E-state index contributed by atoms with van der Waals surface area (Å²) < 4.78 is 39.6. The Morgan fingerprint density at radius 3 is 2.46 bits per heavy atom. The molecule has 2 aromatic carbocycles. The molecule has 0 spiro atoms. The van der Waals surface area contributed by atoms with Crippen molar-refractivity contribution in [2.75, 3.05) is 5.32 Å². The summed E-state index contributed by atoms with van der Waals surface area (Å²) >= 11 is 7.90. The first-order chi connectivity index (χ1) is 12.3. The van der Waals surface area contributed by atoms with Crippen molar-refractivity contribution in [1.29, 1.82) is 0 Å². The molecule has 7 heteroatoms. The second kappa shape index (κ2) is 7.92. The quantitative estimate of drug-likeness (QED) is 0.612. The van der Waals surface area contributed by atoms with E-state index in [0.29, 0.717) is 21.8 Å². The lowest BCUT2D eigenvalue weighted by molar-refractivity contribution is 0.102. The van der Waals surface area contributed by atoms with Gasteiger partial charge in [0, 0.05) is 33.5 Å². The zero-order valence-corrected chi connectivity index (χ0v) is 15.6. The van der Waals surface area contributed by atoms with Gasteiger partial charge in [-0.25, -0.2) is 13.2 Å². The first-order valence-electron chi connectivity index (χ1n) is 8.27.